The van der Waals surface area contributed by atoms with Crippen LogP contribution in [0.3, 0.4) is 0 Å². The summed E-state index contributed by atoms with van der Waals surface area (Å²) >= 11 is 0. The number of nitrogens with zero attached hydrogens (tertiary/aromatic N) is 6. The number of amides is 2. The first-order valence-electron chi connectivity index (χ1n) is 14.6. The second kappa shape index (κ2) is 13.7. The Kier molecular flexibility index (Phi) is 10.6. The number of carbonyl (C=O) groups excluding carboxylic acids is 2. The Balaban J connectivity index is 1.31. The van der Waals surface area contributed by atoms with Gasteiger partial charge in [-0.25, -0.2) is 0 Å². The van der Waals surface area contributed by atoms with Crippen molar-refractivity contribution in [1.29, 1.82) is 0 Å². The van der Waals surface area contributed by atoms with Crippen LogP contribution in [0, 0.1) is 5.92 Å². The molecule has 37 heavy (non-hydrogen) atoms. The predicted octanol–water partition coefficient (Wildman–Crippen LogP) is -1.11. The van der Waals surface area contributed by atoms with Crippen molar-refractivity contribution in [3.8, 4) is 0 Å². The van der Waals surface area contributed by atoms with Crippen molar-refractivity contribution in [1.82, 2.24) is 40.0 Å². The van der Waals surface area contributed by atoms with Gasteiger partial charge in [0.05, 0.1) is 13.1 Å². The van der Waals surface area contributed by atoms with E-state index in [1.54, 1.807) is 14.1 Å². The molecule has 10 heteroatoms. The number of likely N-dealkylation sites (tertiary alicyclic amines) is 2. The molecule has 4 aliphatic rings. The number of hydrogen-bond acceptors (Lipinski definition) is 8. The Morgan fingerprint density at radius 3 is 1.89 bits per heavy atom. The molecule has 2 N–H and O–H groups in total. The molecular formula is C27H52N8O2. The van der Waals surface area contributed by atoms with Crippen LogP contribution in [0.15, 0.2) is 0 Å². The highest BCUT2D eigenvalue weighted by Crippen LogP contribution is 2.27. The topological polar surface area (TPSA) is 77.6 Å². The van der Waals surface area contributed by atoms with E-state index in [2.05, 4.69) is 54.1 Å². The highest BCUT2D eigenvalue weighted by atomic mass is 16.2. The molecule has 0 radical (unpaired) electrons. The maximum absolute atomic E-state index is 11.8. The van der Waals surface area contributed by atoms with E-state index < -0.39 is 0 Å². The van der Waals surface area contributed by atoms with Gasteiger partial charge in [-0.15, -0.1) is 0 Å². The number of carbonyl (C=O) groups is 2. The second-order valence-electron chi connectivity index (χ2n) is 11.9. The normalized spacial score (nSPS) is 29.4. The van der Waals surface area contributed by atoms with Crippen LogP contribution in [0.5, 0.6) is 0 Å². The fourth-order valence-corrected chi connectivity index (χ4v) is 6.92. The molecule has 4 aliphatic heterocycles. The Labute approximate surface area is 224 Å². The highest BCUT2D eigenvalue weighted by molar-refractivity contribution is 5.78. The van der Waals surface area contributed by atoms with Gasteiger partial charge in [0.25, 0.3) is 0 Å². The number of likely N-dealkylation sites (N-methyl/N-ethyl adjacent to an activating group) is 4. The molecule has 4 rings (SSSR count). The average Bonchev–Trinajstić information content (AvgIpc) is 2.91. The summed E-state index contributed by atoms with van der Waals surface area (Å²) in [4.78, 5) is 38.9. The van der Waals surface area contributed by atoms with E-state index in [1.807, 2.05) is 0 Å². The zero-order chi connectivity index (χ0) is 26.4. The molecule has 0 aromatic carbocycles. The maximum atomic E-state index is 11.8. The van der Waals surface area contributed by atoms with Gasteiger partial charge in [-0.3, -0.25) is 34.1 Å². The number of rotatable bonds is 8. The lowest BCUT2D eigenvalue weighted by Gasteiger charge is -2.52. The summed E-state index contributed by atoms with van der Waals surface area (Å²) in [6.45, 7) is 13.2. The molecular weight excluding hydrogens is 468 g/mol. The van der Waals surface area contributed by atoms with Crippen LogP contribution >= 0.6 is 0 Å². The van der Waals surface area contributed by atoms with Gasteiger partial charge < -0.3 is 15.5 Å². The van der Waals surface area contributed by atoms with Gasteiger partial charge in [-0.1, -0.05) is 0 Å². The van der Waals surface area contributed by atoms with Crippen LogP contribution in [-0.4, -0.2) is 173 Å². The third-order valence-corrected chi connectivity index (χ3v) is 9.47. The minimum Gasteiger partial charge on any atom is -0.358 e. The molecule has 212 valence electrons. The third-order valence-electron chi connectivity index (χ3n) is 9.47. The zero-order valence-electron chi connectivity index (χ0n) is 23.8. The first-order valence-corrected chi connectivity index (χ1v) is 14.6. The van der Waals surface area contributed by atoms with Crippen molar-refractivity contribution in [2.24, 2.45) is 5.92 Å². The third kappa shape index (κ3) is 7.86. The Morgan fingerprint density at radius 1 is 0.703 bits per heavy atom. The predicted molar refractivity (Wildman–Crippen MR) is 148 cm³/mol. The monoisotopic (exact) mass is 520 g/mol. The van der Waals surface area contributed by atoms with Crippen LogP contribution < -0.4 is 10.6 Å². The van der Waals surface area contributed by atoms with Gasteiger partial charge in [-0.05, 0) is 58.8 Å². The minimum absolute atomic E-state index is 0.122. The van der Waals surface area contributed by atoms with Gasteiger partial charge in [0.2, 0.25) is 11.8 Å². The summed E-state index contributed by atoms with van der Waals surface area (Å²) in [5.41, 5.74) is 0. The molecule has 2 atom stereocenters. The molecule has 0 aliphatic carbocycles. The second-order valence-corrected chi connectivity index (χ2v) is 11.9. The van der Waals surface area contributed by atoms with Gasteiger partial charge in [-0.2, -0.15) is 0 Å². The van der Waals surface area contributed by atoms with Crippen molar-refractivity contribution in [2.45, 2.75) is 43.8 Å². The van der Waals surface area contributed by atoms with E-state index in [0.717, 1.165) is 84.2 Å². The van der Waals surface area contributed by atoms with Gasteiger partial charge in [0.1, 0.15) is 0 Å². The molecule has 0 saturated carbocycles. The largest absolute Gasteiger partial charge is 0.358 e. The molecule has 0 bridgehead atoms. The molecule has 10 nitrogen and oxygen atoms in total. The molecule has 0 aromatic heterocycles. The van der Waals surface area contributed by atoms with Gasteiger partial charge in [0, 0.05) is 91.1 Å². The van der Waals surface area contributed by atoms with Crippen molar-refractivity contribution in [3.63, 3.8) is 0 Å². The van der Waals surface area contributed by atoms with Gasteiger partial charge >= 0.3 is 0 Å². The lowest BCUT2D eigenvalue weighted by atomic mass is 9.92. The maximum Gasteiger partial charge on any atom is 0.233 e. The first kappa shape index (κ1) is 28.7. The summed E-state index contributed by atoms with van der Waals surface area (Å²) < 4.78 is 0. The number of nitrogens with one attached hydrogen (secondary N) is 2. The lowest BCUT2D eigenvalue weighted by molar-refractivity contribution is -0.123. The summed E-state index contributed by atoms with van der Waals surface area (Å²) in [5.74, 6) is 0.970. The molecule has 2 amide bonds. The standard InChI is InChI=1S/C27H52N8O2/c1-28-26(36)20-32-9-5-22(6-10-32)17-35-15-13-30(3)18-25(35)24-19-34(16-14-31(24)4)23-7-11-33(12-8-23)21-27(37)29-2/h22-25H,5-21H2,1-4H3,(H,28,36)(H,29,37). The quantitative estimate of drug-likeness (QED) is 0.417. The summed E-state index contributed by atoms with van der Waals surface area (Å²) in [6, 6.07) is 1.74. The highest BCUT2D eigenvalue weighted by Gasteiger charge is 2.40. The van der Waals surface area contributed by atoms with Crippen molar-refractivity contribution >= 4 is 11.8 Å². The van der Waals surface area contributed by atoms with Crippen LogP contribution in [0.4, 0.5) is 0 Å². The van der Waals surface area contributed by atoms with Crippen LogP contribution in [0.1, 0.15) is 25.7 Å². The van der Waals surface area contributed by atoms with Crippen molar-refractivity contribution < 1.29 is 9.59 Å². The van der Waals surface area contributed by atoms with E-state index in [0.29, 0.717) is 31.2 Å². The number of piperazine rings is 2. The smallest absolute Gasteiger partial charge is 0.233 e. The molecule has 2 unspecified atom stereocenters. The fraction of sp³-hybridized carbons (Fsp3) is 0.926. The number of hydrogen-bond donors (Lipinski definition) is 2. The van der Waals surface area contributed by atoms with Crippen LogP contribution in [-0.2, 0) is 9.59 Å². The summed E-state index contributed by atoms with van der Waals surface area (Å²) in [5, 5.41) is 5.52. The van der Waals surface area contributed by atoms with Crippen molar-refractivity contribution in [3.05, 3.63) is 0 Å². The van der Waals surface area contributed by atoms with Crippen LogP contribution in [0.25, 0.3) is 0 Å². The molecule has 4 fully saturated rings. The first-order chi connectivity index (χ1) is 17.9. The molecule has 0 aromatic rings. The van der Waals surface area contributed by atoms with Gasteiger partial charge in [0.15, 0.2) is 0 Å². The molecule has 4 saturated heterocycles. The van der Waals surface area contributed by atoms with E-state index in [1.165, 1.54) is 19.4 Å². The van der Waals surface area contributed by atoms with E-state index in [-0.39, 0.29) is 11.8 Å². The Hall–Kier alpha value is -1.30. The SMILES string of the molecule is CNC(=O)CN1CCC(CN2CCN(C)CC2C2CN(C3CCN(CC(=O)NC)CC3)CCN2C)CC1. The minimum atomic E-state index is 0.122. The van der Waals surface area contributed by atoms with Crippen molar-refractivity contribution in [2.75, 3.05) is 113 Å². The lowest BCUT2D eigenvalue weighted by Crippen LogP contribution is -2.67. The Morgan fingerprint density at radius 2 is 1.30 bits per heavy atom. The average molecular weight is 521 g/mol. The summed E-state index contributed by atoms with van der Waals surface area (Å²) in [6.07, 6.45) is 4.71. The van der Waals surface area contributed by atoms with E-state index in [4.69, 9.17) is 0 Å². The Bertz CT molecular complexity index is 738. The molecule has 4 heterocycles. The van der Waals surface area contributed by atoms with E-state index >= 15 is 0 Å². The zero-order valence-corrected chi connectivity index (χ0v) is 23.8. The number of piperidine rings is 2. The fourth-order valence-electron chi connectivity index (χ4n) is 6.92. The molecule has 0 spiro atoms. The van der Waals surface area contributed by atoms with Crippen LogP contribution in [0.2, 0.25) is 0 Å². The van der Waals surface area contributed by atoms with E-state index in [9.17, 15) is 9.59 Å². The summed E-state index contributed by atoms with van der Waals surface area (Å²) in [7, 11) is 8.06.